The highest BCUT2D eigenvalue weighted by molar-refractivity contribution is 7.98. The maximum atomic E-state index is 12.4. The minimum absolute atomic E-state index is 0.0564. The number of thioether (sulfide) groups is 1. The summed E-state index contributed by atoms with van der Waals surface area (Å²) in [5.74, 6) is 0.294. The summed E-state index contributed by atoms with van der Waals surface area (Å²) in [5, 5.41) is 13.7. The highest BCUT2D eigenvalue weighted by Crippen LogP contribution is 2.26. The van der Waals surface area contributed by atoms with Crippen LogP contribution in [-0.4, -0.2) is 15.8 Å². The van der Waals surface area contributed by atoms with Gasteiger partial charge in [-0.2, -0.15) is 0 Å². The molecule has 136 valence electrons. The Morgan fingerprint density at radius 3 is 2.63 bits per heavy atom. The number of rotatable bonds is 6. The number of non-ortho nitro benzene ring substituents is 1. The number of hydrogen-bond donors (Lipinski definition) is 1. The molecule has 0 aliphatic heterocycles. The van der Waals surface area contributed by atoms with E-state index in [1.807, 2.05) is 30.5 Å². The van der Waals surface area contributed by atoms with Crippen molar-refractivity contribution in [2.75, 3.05) is 5.32 Å². The van der Waals surface area contributed by atoms with Crippen LogP contribution >= 0.6 is 23.4 Å². The minimum Gasteiger partial charge on any atom is -0.322 e. The highest BCUT2D eigenvalue weighted by Gasteiger charge is 2.16. The van der Waals surface area contributed by atoms with Gasteiger partial charge in [-0.05, 0) is 42.0 Å². The molecule has 1 aromatic heterocycles. The van der Waals surface area contributed by atoms with E-state index in [4.69, 9.17) is 11.6 Å². The quantitative estimate of drug-likeness (QED) is 0.350. The zero-order valence-corrected chi connectivity index (χ0v) is 15.5. The van der Waals surface area contributed by atoms with E-state index in [9.17, 15) is 14.9 Å². The smallest absolute Gasteiger partial charge is 0.270 e. The van der Waals surface area contributed by atoms with Crippen molar-refractivity contribution in [3.05, 3.63) is 93.3 Å². The molecule has 1 amide bonds. The van der Waals surface area contributed by atoms with Crippen LogP contribution in [0.5, 0.6) is 0 Å². The van der Waals surface area contributed by atoms with Gasteiger partial charge in [-0.3, -0.25) is 19.9 Å². The predicted molar refractivity (Wildman–Crippen MR) is 106 cm³/mol. The first kappa shape index (κ1) is 18.9. The van der Waals surface area contributed by atoms with E-state index in [1.165, 1.54) is 12.1 Å². The Hall–Kier alpha value is -2.90. The lowest BCUT2D eigenvalue weighted by Crippen LogP contribution is -2.12. The molecular weight excluding hydrogens is 386 g/mol. The molecule has 0 radical (unpaired) electrons. The summed E-state index contributed by atoms with van der Waals surface area (Å²) in [6, 6.07) is 15.0. The summed E-state index contributed by atoms with van der Waals surface area (Å²) in [6.45, 7) is 0. The molecule has 0 saturated heterocycles. The first-order valence-electron chi connectivity index (χ1n) is 7.90. The van der Waals surface area contributed by atoms with Gasteiger partial charge in [0.25, 0.3) is 11.6 Å². The number of carbonyl (C=O) groups excluding carboxylic acids is 1. The summed E-state index contributed by atoms with van der Waals surface area (Å²) < 4.78 is 0. The van der Waals surface area contributed by atoms with Crippen LogP contribution in [0.4, 0.5) is 11.4 Å². The number of carbonyl (C=O) groups is 1. The van der Waals surface area contributed by atoms with E-state index >= 15 is 0 Å². The van der Waals surface area contributed by atoms with Crippen LogP contribution in [0.3, 0.4) is 0 Å². The molecule has 0 aliphatic rings. The minimum atomic E-state index is -0.568. The van der Waals surface area contributed by atoms with Crippen molar-refractivity contribution in [2.45, 2.75) is 10.6 Å². The summed E-state index contributed by atoms with van der Waals surface area (Å²) in [7, 11) is 0. The fourth-order valence-electron chi connectivity index (χ4n) is 2.28. The third kappa shape index (κ3) is 5.06. The van der Waals surface area contributed by atoms with Crippen LogP contribution in [0.2, 0.25) is 5.02 Å². The number of halogens is 1. The number of nitrogens with zero attached hydrogens (tertiary/aromatic N) is 2. The van der Waals surface area contributed by atoms with Gasteiger partial charge < -0.3 is 5.32 Å². The Balaban J connectivity index is 1.65. The number of nitro groups is 1. The van der Waals surface area contributed by atoms with E-state index in [-0.39, 0.29) is 16.3 Å². The number of nitrogens with one attached hydrogen (secondary N) is 1. The molecular formula is C19H14ClN3O3S. The topological polar surface area (TPSA) is 85.1 Å². The molecule has 0 saturated carbocycles. The number of nitro benzene ring substituents is 1. The van der Waals surface area contributed by atoms with Gasteiger partial charge in [0, 0.05) is 40.9 Å². The Morgan fingerprint density at radius 1 is 1.19 bits per heavy atom. The molecule has 1 N–H and O–H groups in total. The first-order valence-corrected chi connectivity index (χ1v) is 9.26. The van der Waals surface area contributed by atoms with Crippen LogP contribution in [0, 0.1) is 10.1 Å². The second-order valence-electron chi connectivity index (χ2n) is 5.55. The lowest BCUT2D eigenvalue weighted by Gasteiger charge is -2.08. The highest BCUT2D eigenvalue weighted by atomic mass is 35.5. The lowest BCUT2D eigenvalue weighted by atomic mass is 10.2. The number of pyridine rings is 1. The summed E-state index contributed by atoms with van der Waals surface area (Å²) in [5.41, 5.74) is 1.57. The molecule has 0 aliphatic carbocycles. The van der Waals surface area contributed by atoms with Gasteiger partial charge in [0.2, 0.25) is 0 Å². The second kappa shape index (κ2) is 8.66. The van der Waals surface area contributed by atoms with Crippen molar-refractivity contribution in [3.63, 3.8) is 0 Å². The molecule has 3 aromatic rings. The summed E-state index contributed by atoms with van der Waals surface area (Å²) >= 11 is 7.65. The molecule has 2 aromatic carbocycles. The number of aromatic nitrogens is 1. The Morgan fingerprint density at radius 2 is 1.96 bits per heavy atom. The summed E-state index contributed by atoms with van der Waals surface area (Å²) in [4.78, 5) is 27.8. The van der Waals surface area contributed by atoms with Gasteiger partial charge in [-0.25, -0.2) is 0 Å². The van der Waals surface area contributed by atoms with Gasteiger partial charge in [0.05, 0.1) is 15.5 Å². The standard InChI is InChI=1S/C19H14ClN3O3S/c20-18-8-5-15(23(25)26)10-17(18)19(24)22-14-3-6-16(7-4-14)27-12-13-2-1-9-21-11-13/h1-11H,12H2,(H,22,24). The predicted octanol–water partition coefficient (Wildman–Crippen LogP) is 5.19. The van der Waals surface area contributed by atoms with Crippen molar-refractivity contribution in [3.8, 4) is 0 Å². The third-order valence-electron chi connectivity index (χ3n) is 3.65. The molecule has 6 nitrogen and oxygen atoms in total. The van der Waals surface area contributed by atoms with E-state index < -0.39 is 10.8 Å². The van der Waals surface area contributed by atoms with Crippen LogP contribution in [0.15, 0.2) is 71.9 Å². The molecule has 27 heavy (non-hydrogen) atoms. The van der Waals surface area contributed by atoms with E-state index in [1.54, 1.807) is 30.1 Å². The second-order valence-corrected chi connectivity index (χ2v) is 7.01. The van der Waals surface area contributed by atoms with Crippen LogP contribution in [-0.2, 0) is 5.75 Å². The molecule has 1 heterocycles. The SMILES string of the molecule is O=C(Nc1ccc(SCc2cccnc2)cc1)c1cc([N+](=O)[O-])ccc1Cl. The third-order valence-corrected chi connectivity index (χ3v) is 5.06. The zero-order chi connectivity index (χ0) is 19.2. The van der Waals surface area contributed by atoms with E-state index in [0.717, 1.165) is 22.3 Å². The lowest BCUT2D eigenvalue weighted by molar-refractivity contribution is -0.384. The molecule has 0 fully saturated rings. The van der Waals surface area contributed by atoms with Crippen molar-refractivity contribution < 1.29 is 9.72 Å². The van der Waals surface area contributed by atoms with E-state index in [2.05, 4.69) is 10.3 Å². The average molecular weight is 400 g/mol. The van der Waals surface area contributed by atoms with Gasteiger partial charge in [0.15, 0.2) is 0 Å². The average Bonchev–Trinajstić information content (AvgIpc) is 2.68. The zero-order valence-electron chi connectivity index (χ0n) is 14.0. The van der Waals surface area contributed by atoms with E-state index in [0.29, 0.717) is 5.69 Å². The maximum absolute atomic E-state index is 12.4. The van der Waals surface area contributed by atoms with Gasteiger partial charge in [-0.15, -0.1) is 11.8 Å². The molecule has 8 heteroatoms. The Kier molecular flexibility index (Phi) is 6.05. The summed E-state index contributed by atoms with van der Waals surface area (Å²) in [6.07, 6.45) is 3.56. The van der Waals surface area contributed by atoms with Crippen LogP contribution in [0.1, 0.15) is 15.9 Å². The monoisotopic (exact) mass is 399 g/mol. The van der Waals surface area contributed by atoms with Crippen molar-refractivity contribution in [1.82, 2.24) is 4.98 Å². The Bertz CT molecular complexity index is 966. The van der Waals surface area contributed by atoms with Crippen molar-refractivity contribution in [2.24, 2.45) is 0 Å². The van der Waals surface area contributed by atoms with Crippen molar-refractivity contribution in [1.29, 1.82) is 0 Å². The molecule has 0 unspecified atom stereocenters. The van der Waals surface area contributed by atoms with Crippen molar-refractivity contribution >= 4 is 40.6 Å². The first-order chi connectivity index (χ1) is 13.0. The van der Waals surface area contributed by atoms with Crippen LogP contribution < -0.4 is 5.32 Å². The van der Waals surface area contributed by atoms with Gasteiger partial charge >= 0.3 is 0 Å². The fourth-order valence-corrected chi connectivity index (χ4v) is 3.32. The fraction of sp³-hybridized carbons (Fsp3) is 0.0526. The number of benzene rings is 2. The molecule has 0 spiro atoms. The largest absolute Gasteiger partial charge is 0.322 e. The van der Waals surface area contributed by atoms with Crippen LogP contribution in [0.25, 0.3) is 0 Å². The van der Waals surface area contributed by atoms with Gasteiger partial charge in [-0.1, -0.05) is 17.7 Å². The Labute approximate surface area is 164 Å². The maximum Gasteiger partial charge on any atom is 0.270 e. The number of amides is 1. The number of hydrogen-bond acceptors (Lipinski definition) is 5. The molecule has 3 rings (SSSR count). The van der Waals surface area contributed by atoms with Gasteiger partial charge in [0.1, 0.15) is 0 Å². The normalized spacial score (nSPS) is 10.4. The number of anilines is 1. The molecule has 0 bridgehead atoms. The molecule has 0 atom stereocenters.